The lowest BCUT2D eigenvalue weighted by Crippen LogP contribution is -2.27. The second kappa shape index (κ2) is 2.40. The first-order chi connectivity index (χ1) is 4.20. The minimum Gasteiger partial charge on any atom is -0.358 e. The number of hydrogen-bond donors (Lipinski definition) is 0. The maximum atomic E-state index is 5.69. The van der Waals surface area contributed by atoms with Gasteiger partial charge in [0.05, 0.1) is 11.6 Å². The Morgan fingerprint density at radius 3 is 2.89 bits per heavy atom. The minimum atomic E-state index is 0.789. The van der Waals surface area contributed by atoms with Crippen molar-refractivity contribution in [3.8, 4) is 0 Å². The van der Waals surface area contributed by atoms with E-state index in [1.165, 1.54) is 0 Å². The third kappa shape index (κ3) is 1.45. The molecule has 0 atom stereocenters. The zero-order valence-electron chi connectivity index (χ0n) is 5.56. The van der Waals surface area contributed by atoms with Gasteiger partial charge in [-0.1, -0.05) is 11.6 Å². The van der Waals surface area contributed by atoms with Crippen LogP contribution in [0.25, 0.3) is 0 Å². The normalized spacial score (nSPS) is 19.2. The molecule has 0 unspecified atom stereocenters. The van der Waals surface area contributed by atoms with E-state index in [1.807, 2.05) is 18.9 Å². The average Bonchev–Trinajstić information content (AvgIpc) is 1.80. The van der Waals surface area contributed by atoms with Crippen LogP contribution in [0, 0.1) is 0 Å². The van der Waals surface area contributed by atoms with Gasteiger partial charge in [-0.2, -0.15) is 0 Å². The van der Waals surface area contributed by atoms with Gasteiger partial charge in [-0.25, -0.2) is 4.99 Å². The molecule has 9 heavy (non-hydrogen) atoms. The number of amidine groups is 1. The zero-order valence-corrected chi connectivity index (χ0v) is 6.31. The van der Waals surface area contributed by atoms with Crippen molar-refractivity contribution >= 4 is 17.4 Å². The average molecular weight is 145 g/mol. The molecule has 0 saturated heterocycles. The fourth-order valence-electron chi connectivity index (χ4n) is 0.644. The van der Waals surface area contributed by atoms with Gasteiger partial charge in [0.15, 0.2) is 0 Å². The Kier molecular flexibility index (Phi) is 1.76. The van der Waals surface area contributed by atoms with E-state index < -0.39 is 0 Å². The summed E-state index contributed by atoms with van der Waals surface area (Å²) in [5, 5.41) is 0.795. The van der Waals surface area contributed by atoms with Crippen molar-refractivity contribution in [3.63, 3.8) is 0 Å². The molecule has 1 heterocycles. The smallest absolute Gasteiger partial charge is 0.101 e. The standard InChI is InChI=1S/C6H9ClN2/c1-5-8-3-6(7)4-9(5)2/h3H,4H2,1-2H3. The molecule has 0 aromatic heterocycles. The Morgan fingerprint density at radius 1 is 1.78 bits per heavy atom. The lowest BCUT2D eigenvalue weighted by atomic mass is 10.4. The Balaban J connectivity index is 2.74. The monoisotopic (exact) mass is 144 g/mol. The molecule has 0 aliphatic carbocycles. The molecule has 50 valence electrons. The van der Waals surface area contributed by atoms with E-state index in [0.29, 0.717) is 0 Å². The van der Waals surface area contributed by atoms with Crippen molar-refractivity contribution in [1.29, 1.82) is 0 Å². The maximum absolute atomic E-state index is 5.69. The number of aliphatic imine (C=N–C) groups is 1. The van der Waals surface area contributed by atoms with E-state index in [2.05, 4.69) is 4.99 Å². The molecule has 3 heteroatoms. The largest absolute Gasteiger partial charge is 0.358 e. The molecule has 0 fully saturated rings. The summed E-state index contributed by atoms with van der Waals surface area (Å²) in [6, 6.07) is 0. The predicted octanol–water partition coefficient (Wildman–Crippen LogP) is 1.43. The molecule has 1 aliphatic rings. The van der Waals surface area contributed by atoms with Gasteiger partial charge in [-0.3, -0.25) is 0 Å². The Hall–Kier alpha value is -0.500. The first-order valence-corrected chi connectivity index (χ1v) is 3.18. The molecule has 1 aliphatic heterocycles. The second-order valence-electron chi connectivity index (χ2n) is 2.11. The van der Waals surface area contributed by atoms with Gasteiger partial charge in [-0.05, 0) is 6.92 Å². The van der Waals surface area contributed by atoms with Gasteiger partial charge < -0.3 is 4.90 Å². The summed E-state index contributed by atoms with van der Waals surface area (Å²) in [6.07, 6.45) is 1.69. The van der Waals surface area contributed by atoms with Crippen LogP contribution in [0.4, 0.5) is 0 Å². The first-order valence-electron chi connectivity index (χ1n) is 2.80. The second-order valence-corrected chi connectivity index (χ2v) is 2.59. The molecule has 0 spiro atoms. The summed E-state index contributed by atoms with van der Waals surface area (Å²) in [7, 11) is 1.97. The fourth-order valence-corrected chi connectivity index (χ4v) is 0.872. The van der Waals surface area contributed by atoms with Gasteiger partial charge in [0.2, 0.25) is 0 Å². The Labute approximate surface area is 59.8 Å². The topological polar surface area (TPSA) is 15.6 Å². The van der Waals surface area contributed by atoms with Crippen molar-refractivity contribution in [2.24, 2.45) is 4.99 Å². The first kappa shape index (κ1) is 6.62. The molecule has 0 amide bonds. The molecule has 0 radical (unpaired) electrons. The molecule has 2 nitrogen and oxygen atoms in total. The van der Waals surface area contributed by atoms with Crippen LogP contribution in [-0.4, -0.2) is 24.3 Å². The number of likely N-dealkylation sites (N-methyl/N-ethyl adjacent to an activating group) is 1. The van der Waals surface area contributed by atoms with Crippen molar-refractivity contribution in [1.82, 2.24) is 4.90 Å². The fraction of sp³-hybridized carbons (Fsp3) is 0.500. The van der Waals surface area contributed by atoms with Crippen LogP contribution in [0.15, 0.2) is 16.2 Å². The Morgan fingerprint density at radius 2 is 2.44 bits per heavy atom. The summed E-state index contributed by atoms with van der Waals surface area (Å²) >= 11 is 5.69. The molecular formula is C6H9ClN2. The highest BCUT2D eigenvalue weighted by atomic mass is 35.5. The van der Waals surface area contributed by atoms with Crippen LogP contribution in [0.2, 0.25) is 0 Å². The molecule has 0 bridgehead atoms. The molecule has 0 N–H and O–H groups in total. The SMILES string of the molecule is CC1=NC=C(Cl)CN1C. The summed E-state index contributed by atoms with van der Waals surface area (Å²) in [6.45, 7) is 2.75. The minimum absolute atomic E-state index is 0.789. The quantitative estimate of drug-likeness (QED) is 0.502. The van der Waals surface area contributed by atoms with Crippen LogP contribution in [0.5, 0.6) is 0 Å². The summed E-state index contributed by atoms with van der Waals surface area (Å²) < 4.78 is 0. The van der Waals surface area contributed by atoms with E-state index in [0.717, 1.165) is 17.4 Å². The van der Waals surface area contributed by atoms with E-state index in [-0.39, 0.29) is 0 Å². The van der Waals surface area contributed by atoms with Crippen LogP contribution >= 0.6 is 11.6 Å². The molecule has 0 saturated carbocycles. The highest BCUT2D eigenvalue weighted by Crippen LogP contribution is 2.08. The summed E-state index contributed by atoms with van der Waals surface area (Å²) in [5.74, 6) is 1.01. The van der Waals surface area contributed by atoms with E-state index in [4.69, 9.17) is 11.6 Å². The van der Waals surface area contributed by atoms with Gasteiger partial charge in [0.25, 0.3) is 0 Å². The zero-order chi connectivity index (χ0) is 6.85. The van der Waals surface area contributed by atoms with Crippen molar-refractivity contribution in [2.75, 3.05) is 13.6 Å². The summed E-state index contributed by atoms with van der Waals surface area (Å²) in [4.78, 5) is 6.04. The molecule has 0 aromatic rings. The Bertz CT molecular complexity index is 172. The highest BCUT2D eigenvalue weighted by molar-refractivity contribution is 6.30. The van der Waals surface area contributed by atoms with Crippen molar-refractivity contribution in [2.45, 2.75) is 6.92 Å². The molecule has 0 aromatic carbocycles. The van der Waals surface area contributed by atoms with E-state index in [1.54, 1.807) is 6.20 Å². The van der Waals surface area contributed by atoms with Crippen LogP contribution < -0.4 is 0 Å². The van der Waals surface area contributed by atoms with E-state index >= 15 is 0 Å². The maximum Gasteiger partial charge on any atom is 0.101 e. The van der Waals surface area contributed by atoms with Crippen molar-refractivity contribution < 1.29 is 0 Å². The third-order valence-electron chi connectivity index (χ3n) is 1.33. The van der Waals surface area contributed by atoms with Gasteiger partial charge in [0.1, 0.15) is 5.84 Å². The van der Waals surface area contributed by atoms with E-state index in [9.17, 15) is 0 Å². The summed E-state index contributed by atoms with van der Waals surface area (Å²) in [5.41, 5.74) is 0. The molecular weight excluding hydrogens is 136 g/mol. The van der Waals surface area contributed by atoms with Gasteiger partial charge in [0, 0.05) is 13.2 Å². The highest BCUT2D eigenvalue weighted by Gasteiger charge is 2.05. The number of halogens is 1. The third-order valence-corrected chi connectivity index (χ3v) is 1.55. The van der Waals surface area contributed by atoms with Gasteiger partial charge >= 0.3 is 0 Å². The number of nitrogens with zero attached hydrogens (tertiary/aromatic N) is 2. The van der Waals surface area contributed by atoms with Gasteiger partial charge in [-0.15, -0.1) is 0 Å². The predicted molar refractivity (Wildman–Crippen MR) is 39.7 cm³/mol. The van der Waals surface area contributed by atoms with Crippen LogP contribution in [0.1, 0.15) is 6.92 Å². The molecule has 1 rings (SSSR count). The van der Waals surface area contributed by atoms with Crippen LogP contribution in [-0.2, 0) is 0 Å². The van der Waals surface area contributed by atoms with Crippen molar-refractivity contribution in [3.05, 3.63) is 11.2 Å². The number of rotatable bonds is 0. The lowest BCUT2D eigenvalue weighted by molar-refractivity contribution is 0.547. The number of hydrogen-bond acceptors (Lipinski definition) is 2. The lowest BCUT2D eigenvalue weighted by Gasteiger charge is -2.20. The van der Waals surface area contributed by atoms with Crippen LogP contribution in [0.3, 0.4) is 0 Å².